The Morgan fingerprint density at radius 1 is 1.05 bits per heavy atom. The summed E-state index contributed by atoms with van der Waals surface area (Å²) < 4.78 is 0. The highest BCUT2D eigenvalue weighted by atomic mass is 16.1. The van der Waals surface area contributed by atoms with Crippen LogP contribution in [0.25, 0.3) is 0 Å². The first kappa shape index (κ1) is 13.2. The fourth-order valence-electron chi connectivity index (χ4n) is 2.00. The molecule has 0 spiro atoms. The van der Waals surface area contributed by atoms with Crippen molar-refractivity contribution in [3.8, 4) is 0 Å². The second-order valence-electron chi connectivity index (χ2n) is 4.65. The molecule has 0 radical (unpaired) electrons. The topological polar surface area (TPSA) is 34.1 Å². The summed E-state index contributed by atoms with van der Waals surface area (Å²) in [4.78, 5) is 23.3. The van der Waals surface area contributed by atoms with Gasteiger partial charge in [0, 0.05) is 17.9 Å². The molecule has 2 aromatic carbocycles. The van der Waals surface area contributed by atoms with Gasteiger partial charge in [-0.15, -0.1) is 0 Å². The predicted octanol–water partition coefficient (Wildman–Crippen LogP) is 3.55. The molecule has 0 aliphatic heterocycles. The van der Waals surface area contributed by atoms with Crippen LogP contribution in [0.3, 0.4) is 0 Å². The van der Waals surface area contributed by atoms with Gasteiger partial charge in [-0.1, -0.05) is 60.2 Å². The van der Waals surface area contributed by atoms with E-state index in [-0.39, 0.29) is 18.1 Å². The van der Waals surface area contributed by atoms with Gasteiger partial charge in [0.05, 0.1) is 0 Å². The van der Waals surface area contributed by atoms with Gasteiger partial charge >= 0.3 is 0 Å². The van der Waals surface area contributed by atoms with E-state index in [0.29, 0.717) is 5.56 Å². The van der Waals surface area contributed by atoms with Crippen LogP contribution in [0.15, 0.2) is 54.6 Å². The summed E-state index contributed by atoms with van der Waals surface area (Å²) in [5, 5.41) is 0. The standard InChI is InChI=1S/C17H16O2/c1-13-7-9-14(10-8-13)16(12-18)11-17(19)15-5-3-2-4-6-15/h2-10,12,16H,11H2,1H3. The second-order valence-corrected chi connectivity index (χ2v) is 4.65. The first-order valence-corrected chi connectivity index (χ1v) is 6.31. The molecule has 2 nitrogen and oxygen atoms in total. The summed E-state index contributed by atoms with van der Waals surface area (Å²) in [7, 11) is 0. The summed E-state index contributed by atoms with van der Waals surface area (Å²) in [6, 6.07) is 16.8. The first-order valence-electron chi connectivity index (χ1n) is 6.31. The monoisotopic (exact) mass is 252 g/mol. The molecule has 1 unspecified atom stereocenters. The quantitative estimate of drug-likeness (QED) is 0.602. The van der Waals surface area contributed by atoms with Gasteiger partial charge in [0.1, 0.15) is 6.29 Å². The normalized spacial score (nSPS) is 11.8. The van der Waals surface area contributed by atoms with Crippen LogP contribution in [-0.2, 0) is 4.79 Å². The number of carbonyl (C=O) groups excluding carboxylic acids is 2. The Kier molecular flexibility index (Phi) is 4.24. The zero-order valence-electron chi connectivity index (χ0n) is 10.9. The van der Waals surface area contributed by atoms with Crippen molar-refractivity contribution in [2.24, 2.45) is 0 Å². The van der Waals surface area contributed by atoms with Crippen LogP contribution in [0.5, 0.6) is 0 Å². The zero-order valence-corrected chi connectivity index (χ0v) is 10.9. The summed E-state index contributed by atoms with van der Waals surface area (Å²) in [5.41, 5.74) is 2.69. The van der Waals surface area contributed by atoms with E-state index in [4.69, 9.17) is 0 Å². The molecule has 0 aromatic heterocycles. The molecule has 0 N–H and O–H groups in total. The Labute approximate surface area is 113 Å². The molecule has 96 valence electrons. The lowest BCUT2D eigenvalue weighted by molar-refractivity contribution is -0.109. The molecule has 2 rings (SSSR count). The smallest absolute Gasteiger partial charge is 0.163 e. The van der Waals surface area contributed by atoms with Crippen molar-refractivity contribution in [1.29, 1.82) is 0 Å². The van der Waals surface area contributed by atoms with Gasteiger partial charge in [0.2, 0.25) is 0 Å². The molecule has 2 aromatic rings. The minimum atomic E-state index is -0.367. The number of hydrogen-bond acceptors (Lipinski definition) is 2. The SMILES string of the molecule is Cc1ccc(C(C=O)CC(=O)c2ccccc2)cc1. The molecule has 0 amide bonds. The van der Waals surface area contributed by atoms with Gasteiger partial charge in [0.15, 0.2) is 5.78 Å². The lowest BCUT2D eigenvalue weighted by atomic mass is 9.92. The third-order valence-electron chi connectivity index (χ3n) is 3.17. The number of ketones is 1. The second kappa shape index (κ2) is 6.10. The van der Waals surface area contributed by atoms with Crippen LogP contribution < -0.4 is 0 Å². The molecule has 0 saturated carbocycles. The van der Waals surface area contributed by atoms with E-state index in [0.717, 1.165) is 17.4 Å². The highest BCUT2D eigenvalue weighted by Gasteiger charge is 2.16. The van der Waals surface area contributed by atoms with E-state index in [1.807, 2.05) is 49.4 Å². The average Bonchev–Trinajstić information content (AvgIpc) is 2.46. The van der Waals surface area contributed by atoms with Gasteiger partial charge in [-0.05, 0) is 12.5 Å². The molecular weight excluding hydrogens is 236 g/mol. The molecule has 0 aliphatic rings. The van der Waals surface area contributed by atoms with Gasteiger partial charge in [-0.25, -0.2) is 0 Å². The Morgan fingerprint density at radius 3 is 2.26 bits per heavy atom. The maximum atomic E-state index is 12.1. The molecule has 19 heavy (non-hydrogen) atoms. The van der Waals surface area contributed by atoms with Crippen LogP contribution in [0, 0.1) is 6.92 Å². The van der Waals surface area contributed by atoms with Gasteiger partial charge in [-0.2, -0.15) is 0 Å². The van der Waals surface area contributed by atoms with Crippen molar-refractivity contribution in [3.05, 3.63) is 71.3 Å². The average molecular weight is 252 g/mol. The van der Waals surface area contributed by atoms with Crippen LogP contribution in [0.4, 0.5) is 0 Å². The third-order valence-corrected chi connectivity index (χ3v) is 3.17. The molecule has 0 bridgehead atoms. The van der Waals surface area contributed by atoms with E-state index in [2.05, 4.69) is 0 Å². The molecule has 0 heterocycles. The lowest BCUT2D eigenvalue weighted by Gasteiger charge is -2.10. The van der Waals surface area contributed by atoms with Crippen molar-refractivity contribution in [1.82, 2.24) is 0 Å². The number of rotatable bonds is 5. The fraction of sp³-hybridized carbons (Fsp3) is 0.176. The highest BCUT2D eigenvalue weighted by Crippen LogP contribution is 2.20. The van der Waals surface area contributed by atoms with E-state index in [9.17, 15) is 9.59 Å². The van der Waals surface area contributed by atoms with Gasteiger partial charge in [0.25, 0.3) is 0 Å². The molecule has 2 heteroatoms. The maximum Gasteiger partial charge on any atom is 0.163 e. The molecule has 0 aliphatic carbocycles. The number of Topliss-reactive ketones (excluding diaryl/α,β-unsaturated/α-hetero) is 1. The van der Waals surface area contributed by atoms with E-state index in [1.165, 1.54) is 0 Å². The predicted molar refractivity (Wildman–Crippen MR) is 75.4 cm³/mol. The Balaban J connectivity index is 2.14. The maximum absolute atomic E-state index is 12.1. The minimum Gasteiger partial charge on any atom is -0.303 e. The highest BCUT2D eigenvalue weighted by molar-refractivity contribution is 5.98. The largest absolute Gasteiger partial charge is 0.303 e. The van der Waals surface area contributed by atoms with E-state index in [1.54, 1.807) is 12.1 Å². The summed E-state index contributed by atoms with van der Waals surface area (Å²) in [6.45, 7) is 1.99. The molecule has 0 fully saturated rings. The Hall–Kier alpha value is -2.22. The number of aryl methyl sites for hydroxylation is 1. The van der Waals surface area contributed by atoms with Crippen molar-refractivity contribution in [2.75, 3.05) is 0 Å². The van der Waals surface area contributed by atoms with Crippen molar-refractivity contribution < 1.29 is 9.59 Å². The third kappa shape index (κ3) is 3.38. The number of aldehydes is 1. The van der Waals surface area contributed by atoms with Crippen LogP contribution in [0.2, 0.25) is 0 Å². The number of carbonyl (C=O) groups is 2. The summed E-state index contributed by atoms with van der Waals surface area (Å²) in [6.07, 6.45) is 1.07. The number of hydrogen-bond donors (Lipinski definition) is 0. The van der Waals surface area contributed by atoms with E-state index >= 15 is 0 Å². The fourth-order valence-corrected chi connectivity index (χ4v) is 2.00. The lowest BCUT2D eigenvalue weighted by Crippen LogP contribution is -2.08. The Morgan fingerprint density at radius 2 is 1.68 bits per heavy atom. The van der Waals surface area contributed by atoms with Crippen molar-refractivity contribution in [3.63, 3.8) is 0 Å². The summed E-state index contributed by atoms with van der Waals surface area (Å²) in [5.74, 6) is -0.369. The minimum absolute atomic E-state index is 0.00160. The van der Waals surface area contributed by atoms with Gasteiger partial charge < -0.3 is 4.79 Å². The Bertz CT molecular complexity index is 556. The van der Waals surface area contributed by atoms with E-state index < -0.39 is 0 Å². The number of benzene rings is 2. The van der Waals surface area contributed by atoms with Gasteiger partial charge in [-0.3, -0.25) is 4.79 Å². The van der Waals surface area contributed by atoms with Crippen LogP contribution in [0.1, 0.15) is 33.8 Å². The molecular formula is C17H16O2. The van der Waals surface area contributed by atoms with Crippen LogP contribution in [-0.4, -0.2) is 12.1 Å². The molecule has 1 atom stereocenters. The zero-order chi connectivity index (χ0) is 13.7. The van der Waals surface area contributed by atoms with Crippen LogP contribution >= 0.6 is 0 Å². The first-order chi connectivity index (χ1) is 9.20. The summed E-state index contributed by atoms with van der Waals surface area (Å²) >= 11 is 0. The van der Waals surface area contributed by atoms with Crippen molar-refractivity contribution in [2.45, 2.75) is 19.3 Å². The van der Waals surface area contributed by atoms with Crippen molar-refractivity contribution >= 4 is 12.1 Å². The molecule has 0 saturated heterocycles.